The van der Waals surface area contributed by atoms with E-state index in [1.807, 2.05) is 71.4 Å². The van der Waals surface area contributed by atoms with Gasteiger partial charge in [0, 0.05) is 43.3 Å². The first-order valence-corrected chi connectivity index (χ1v) is 12.7. The predicted molar refractivity (Wildman–Crippen MR) is 149 cm³/mol. The molecule has 3 aromatic carbocycles. The van der Waals surface area contributed by atoms with Crippen LogP contribution in [0.15, 0.2) is 90.0 Å². The van der Waals surface area contributed by atoms with Gasteiger partial charge in [0.05, 0.1) is 17.4 Å². The maximum Gasteiger partial charge on any atom is 0.258 e. The third kappa shape index (κ3) is 5.64. The first-order valence-electron chi connectivity index (χ1n) is 12.7. The quantitative estimate of drug-likeness (QED) is 0.308. The van der Waals surface area contributed by atoms with Crippen molar-refractivity contribution in [3.05, 3.63) is 124 Å². The number of fused-ring (bicyclic) bond motifs is 1. The fourth-order valence-corrected chi connectivity index (χ4v) is 4.52. The smallest absolute Gasteiger partial charge is 0.258 e. The number of anilines is 1. The highest BCUT2D eigenvalue weighted by atomic mass is 16.1. The maximum atomic E-state index is 12.8. The van der Waals surface area contributed by atoms with Gasteiger partial charge in [0.15, 0.2) is 0 Å². The van der Waals surface area contributed by atoms with Crippen LogP contribution in [0.4, 0.5) is 5.69 Å². The number of benzene rings is 3. The average molecular weight is 507 g/mol. The first kappa shape index (κ1) is 25.0. The monoisotopic (exact) mass is 506 g/mol. The van der Waals surface area contributed by atoms with Gasteiger partial charge in [-0.25, -0.2) is 9.97 Å². The second-order valence-electron chi connectivity index (χ2n) is 9.20. The van der Waals surface area contributed by atoms with Crippen molar-refractivity contribution in [2.24, 2.45) is 0 Å². The number of rotatable bonds is 9. The molecule has 0 fully saturated rings. The van der Waals surface area contributed by atoms with Crippen LogP contribution in [0.25, 0.3) is 10.9 Å². The molecule has 0 atom stereocenters. The summed E-state index contributed by atoms with van der Waals surface area (Å²) in [6.45, 7) is 6.31. The van der Waals surface area contributed by atoms with Crippen molar-refractivity contribution in [2.45, 2.75) is 33.5 Å². The van der Waals surface area contributed by atoms with Crippen molar-refractivity contribution in [3.63, 3.8) is 0 Å². The summed E-state index contributed by atoms with van der Waals surface area (Å²) >= 11 is 0. The third-order valence-corrected chi connectivity index (χ3v) is 6.54. The van der Waals surface area contributed by atoms with Gasteiger partial charge in [-0.3, -0.25) is 9.59 Å². The number of nitrogens with one attached hydrogen (secondary N) is 2. The van der Waals surface area contributed by atoms with Crippen LogP contribution in [0, 0.1) is 6.92 Å². The Morgan fingerprint density at radius 3 is 2.58 bits per heavy atom. The number of amides is 1. The van der Waals surface area contributed by atoms with Gasteiger partial charge >= 0.3 is 0 Å². The van der Waals surface area contributed by atoms with E-state index in [9.17, 15) is 9.59 Å². The number of aromatic nitrogens is 4. The number of nitrogens with zero attached hydrogens (tertiary/aromatic N) is 4. The number of carbonyl (C=O) groups is 1. The van der Waals surface area contributed by atoms with E-state index < -0.39 is 0 Å². The number of hydrogen-bond acceptors (Lipinski definition) is 5. The van der Waals surface area contributed by atoms with Gasteiger partial charge in [-0.05, 0) is 61.4 Å². The van der Waals surface area contributed by atoms with E-state index in [1.54, 1.807) is 13.1 Å². The zero-order valence-electron chi connectivity index (χ0n) is 21.5. The number of hydrogen-bond donors (Lipinski definition) is 2. The molecule has 0 unspecified atom stereocenters. The Bertz CT molecular complexity index is 1610. The summed E-state index contributed by atoms with van der Waals surface area (Å²) in [6, 6.07) is 23.5. The molecule has 2 aromatic heterocycles. The molecule has 38 heavy (non-hydrogen) atoms. The summed E-state index contributed by atoms with van der Waals surface area (Å²) in [5.41, 5.74) is 4.34. The normalized spacial score (nSPS) is 11.0. The van der Waals surface area contributed by atoms with Gasteiger partial charge in [0.1, 0.15) is 11.6 Å². The van der Waals surface area contributed by atoms with Crippen LogP contribution >= 0.6 is 0 Å². The lowest BCUT2D eigenvalue weighted by Crippen LogP contribution is -2.25. The van der Waals surface area contributed by atoms with Crippen LogP contribution in [0.2, 0.25) is 0 Å². The molecule has 1 amide bonds. The van der Waals surface area contributed by atoms with E-state index in [0.29, 0.717) is 41.9 Å². The van der Waals surface area contributed by atoms with Gasteiger partial charge < -0.3 is 19.8 Å². The topological polar surface area (TPSA) is 95.9 Å². The van der Waals surface area contributed by atoms with Crippen molar-refractivity contribution < 1.29 is 4.79 Å². The number of imidazole rings is 1. The maximum absolute atomic E-state index is 12.8. The highest BCUT2D eigenvalue weighted by Crippen LogP contribution is 2.20. The fourth-order valence-electron chi connectivity index (χ4n) is 4.52. The van der Waals surface area contributed by atoms with E-state index in [2.05, 4.69) is 44.2 Å². The van der Waals surface area contributed by atoms with Crippen LogP contribution in [0.5, 0.6) is 0 Å². The second kappa shape index (κ2) is 11.1. The molecule has 2 heterocycles. The lowest BCUT2D eigenvalue weighted by molar-refractivity contribution is 0.0949. The zero-order chi connectivity index (χ0) is 26.5. The largest absolute Gasteiger partial charge is 0.367 e. The van der Waals surface area contributed by atoms with Crippen molar-refractivity contribution in [3.8, 4) is 0 Å². The number of aromatic amines is 1. The van der Waals surface area contributed by atoms with E-state index >= 15 is 0 Å². The predicted octanol–water partition coefficient (Wildman–Crippen LogP) is 4.43. The lowest BCUT2D eigenvalue weighted by Gasteiger charge is -2.23. The molecule has 0 aliphatic rings. The highest BCUT2D eigenvalue weighted by Gasteiger charge is 2.12. The molecule has 0 aliphatic heterocycles. The molecule has 5 rings (SSSR count). The number of carbonyl (C=O) groups excluding carboxylic acids is 1. The van der Waals surface area contributed by atoms with Crippen LogP contribution in [0.1, 0.15) is 40.1 Å². The van der Waals surface area contributed by atoms with E-state index in [1.165, 1.54) is 5.56 Å². The van der Waals surface area contributed by atoms with Gasteiger partial charge in [-0.1, -0.05) is 36.4 Å². The molecule has 192 valence electrons. The summed E-state index contributed by atoms with van der Waals surface area (Å²) in [6.07, 6.45) is 3.67. The minimum absolute atomic E-state index is 0.129. The Hall–Kier alpha value is -4.72. The Kier molecular flexibility index (Phi) is 7.31. The number of H-pyrrole nitrogens is 1. The average Bonchev–Trinajstić information content (AvgIpc) is 3.38. The van der Waals surface area contributed by atoms with Gasteiger partial charge in [-0.2, -0.15) is 0 Å². The Morgan fingerprint density at radius 1 is 1.03 bits per heavy atom. The Labute approximate surface area is 221 Å². The summed E-state index contributed by atoms with van der Waals surface area (Å²) < 4.78 is 2.04. The van der Waals surface area contributed by atoms with Crippen molar-refractivity contribution in [2.75, 3.05) is 11.4 Å². The molecular weight excluding hydrogens is 476 g/mol. The van der Waals surface area contributed by atoms with Crippen molar-refractivity contribution in [1.82, 2.24) is 24.8 Å². The minimum atomic E-state index is -0.148. The molecule has 0 saturated heterocycles. The molecule has 2 N–H and O–H groups in total. The van der Waals surface area contributed by atoms with Crippen molar-refractivity contribution in [1.29, 1.82) is 0 Å². The van der Waals surface area contributed by atoms with Crippen molar-refractivity contribution >= 4 is 22.5 Å². The van der Waals surface area contributed by atoms with E-state index in [0.717, 1.165) is 23.6 Å². The van der Waals surface area contributed by atoms with Gasteiger partial charge in [0.2, 0.25) is 0 Å². The summed E-state index contributed by atoms with van der Waals surface area (Å²) in [7, 11) is 0. The molecule has 0 saturated carbocycles. The molecule has 0 spiro atoms. The first-order chi connectivity index (χ1) is 18.5. The SMILES string of the molecule is CCN(Cc1ccc2nc(C)[nH]c(=O)c2c1)c1ccc(C(=O)NCc2nccn2Cc2ccccc2)cc1. The summed E-state index contributed by atoms with van der Waals surface area (Å²) in [5, 5.41) is 3.57. The van der Waals surface area contributed by atoms with Crippen LogP contribution < -0.4 is 15.8 Å². The molecule has 0 aliphatic carbocycles. The lowest BCUT2D eigenvalue weighted by atomic mass is 10.1. The van der Waals surface area contributed by atoms with Crippen LogP contribution in [-0.2, 0) is 19.6 Å². The Balaban J connectivity index is 1.23. The van der Waals surface area contributed by atoms with Gasteiger partial charge in [-0.15, -0.1) is 0 Å². The van der Waals surface area contributed by atoms with Crippen LogP contribution in [-0.4, -0.2) is 32.0 Å². The fraction of sp³-hybridized carbons (Fsp3) is 0.200. The summed E-state index contributed by atoms with van der Waals surface area (Å²) in [5.74, 6) is 1.26. The molecule has 8 nitrogen and oxygen atoms in total. The second-order valence-corrected chi connectivity index (χ2v) is 9.20. The third-order valence-electron chi connectivity index (χ3n) is 6.54. The zero-order valence-corrected chi connectivity index (χ0v) is 21.5. The van der Waals surface area contributed by atoms with Crippen LogP contribution in [0.3, 0.4) is 0 Å². The summed E-state index contributed by atoms with van der Waals surface area (Å²) in [4.78, 5) is 39.0. The molecule has 8 heteroatoms. The standard InChI is InChI=1S/C30H30N6O2/c1-3-35(20-23-9-14-27-26(17-23)30(38)34-21(2)33-27)25-12-10-24(11-13-25)29(37)32-18-28-31-15-16-36(28)19-22-7-5-4-6-8-22/h4-17H,3,18-20H2,1-2H3,(H,32,37)(H,33,34,38). The van der Waals surface area contributed by atoms with E-state index in [4.69, 9.17) is 0 Å². The Morgan fingerprint density at radius 2 is 1.82 bits per heavy atom. The molecule has 5 aromatic rings. The highest BCUT2D eigenvalue weighted by molar-refractivity contribution is 5.94. The van der Waals surface area contributed by atoms with E-state index in [-0.39, 0.29) is 11.5 Å². The molecular formula is C30H30N6O2. The number of aryl methyl sites for hydroxylation is 1. The van der Waals surface area contributed by atoms with Gasteiger partial charge in [0.25, 0.3) is 11.5 Å². The minimum Gasteiger partial charge on any atom is -0.367 e. The molecule has 0 bridgehead atoms. The molecule has 0 radical (unpaired) electrons.